The lowest BCUT2D eigenvalue weighted by atomic mass is 10.1. The Kier molecular flexibility index (Phi) is 6.31. The highest BCUT2D eigenvalue weighted by Crippen LogP contribution is 2.33. The highest BCUT2D eigenvalue weighted by atomic mass is 35.5. The number of nitriles is 1. The zero-order chi connectivity index (χ0) is 23.4. The fourth-order valence-electron chi connectivity index (χ4n) is 3.28. The van der Waals surface area contributed by atoms with Gasteiger partial charge in [0.1, 0.15) is 22.4 Å². The molecule has 0 atom stereocenters. The number of para-hydroxylation sites is 1. The number of benzene rings is 3. The Hall–Kier alpha value is -3.86. The van der Waals surface area contributed by atoms with Crippen LogP contribution in [0.1, 0.15) is 5.56 Å². The molecule has 8 heteroatoms. The van der Waals surface area contributed by atoms with E-state index in [-0.39, 0.29) is 9.80 Å². The topological polar surface area (TPSA) is 85.0 Å². The Labute approximate surface area is 196 Å². The fraction of sp³-hybridized carbons (Fsp3) is 0.0400. The second kappa shape index (κ2) is 9.33. The van der Waals surface area contributed by atoms with Crippen LogP contribution >= 0.6 is 11.6 Å². The average Bonchev–Trinajstić information content (AvgIpc) is 3.27. The maximum atomic E-state index is 13.1. The molecule has 0 N–H and O–H groups in total. The van der Waals surface area contributed by atoms with E-state index in [1.807, 2.05) is 36.4 Å². The van der Waals surface area contributed by atoms with Gasteiger partial charge in [0.2, 0.25) is 9.84 Å². The molecule has 0 aliphatic rings. The van der Waals surface area contributed by atoms with Gasteiger partial charge in [-0.3, -0.25) is 0 Å². The second-order valence-corrected chi connectivity index (χ2v) is 9.32. The molecule has 0 aliphatic heterocycles. The number of methoxy groups -OCH3 is 1. The van der Waals surface area contributed by atoms with Crippen molar-refractivity contribution in [3.05, 3.63) is 101 Å². The minimum Gasteiger partial charge on any atom is -0.495 e. The third-order valence-electron chi connectivity index (χ3n) is 4.93. The SMILES string of the molecule is COc1ccc(-c2nn(-c3ccccc3)cc2/C=C(/C#N)S(=O)(=O)c2ccccc2)cc1Cl. The first kappa shape index (κ1) is 22.3. The molecule has 0 aliphatic carbocycles. The maximum absolute atomic E-state index is 13.1. The van der Waals surface area contributed by atoms with Crippen molar-refractivity contribution in [1.29, 1.82) is 5.26 Å². The molecule has 0 bridgehead atoms. The minimum atomic E-state index is -4.01. The van der Waals surface area contributed by atoms with Gasteiger partial charge in [-0.1, -0.05) is 48.0 Å². The van der Waals surface area contributed by atoms with Crippen LogP contribution in [0.15, 0.2) is 94.9 Å². The van der Waals surface area contributed by atoms with E-state index in [0.29, 0.717) is 27.6 Å². The number of sulfone groups is 1. The molecule has 0 amide bonds. The van der Waals surface area contributed by atoms with Gasteiger partial charge in [0.25, 0.3) is 0 Å². The van der Waals surface area contributed by atoms with Crippen LogP contribution in [0, 0.1) is 11.3 Å². The summed E-state index contributed by atoms with van der Waals surface area (Å²) < 4.78 is 33.0. The molecular weight excluding hydrogens is 458 g/mol. The molecule has 164 valence electrons. The van der Waals surface area contributed by atoms with Crippen LogP contribution in [-0.4, -0.2) is 25.3 Å². The molecule has 4 rings (SSSR count). The number of ether oxygens (including phenoxy) is 1. The van der Waals surface area contributed by atoms with Gasteiger partial charge in [0.15, 0.2) is 0 Å². The molecule has 33 heavy (non-hydrogen) atoms. The molecule has 0 unspecified atom stereocenters. The number of aromatic nitrogens is 2. The molecule has 3 aromatic carbocycles. The normalized spacial score (nSPS) is 11.7. The highest BCUT2D eigenvalue weighted by Gasteiger charge is 2.22. The van der Waals surface area contributed by atoms with Crippen molar-refractivity contribution in [2.45, 2.75) is 4.90 Å². The summed E-state index contributed by atoms with van der Waals surface area (Å²) in [6, 6.07) is 24.2. The zero-order valence-electron chi connectivity index (χ0n) is 17.5. The largest absolute Gasteiger partial charge is 0.495 e. The predicted octanol–water partition coefficient (Wildman–Crippen LogP) is 5.54. The van der Waals surface area contributed by atoms with Gasteiger partial charge >= 0.3 is 0 Å². The van der Waals surface area contributed by atoms with Crippen LogP contribution in [0.3, 0.4) is 0 Å². The van der Waals surface area contributed by atoms with Crippen LogP contribution in [0.5, 0.6) is 5.75 Å². The van der Waals surface area contributed by atoms with E-state index in [2.05, 4.69) is 5.10 Å². The average molecular weight is 476 g/mol. The third kappa shape index (κ3) is 4.53. The number of hydrogen-bond donors (Lipinski definition) is 0. The van der Waals surface area contributed by atoms with E-state index in [9.17, 15) is 13.7 Å². The summed E-state index contributed by atoms with van der Waals surface area (Å²) in [6.45, 7) is 0. The van der Waals surface area contributed by atoms with Gasteiger partial charge in [0.05, 0.1) is 22.7 Å². The Morgan fingerprint density at radius 1 is 1.06 bits per heavy atom. The summed E-state index contributed by atoms with van der Waals surface area (Å²) in [6.07, 6.45) is 3.02. The molecule has 0 fully saturated rings. The lowest BCUT2D eigenvalue weighted by Gasteiger charge is -2.06. The van der Waals surface area contributed by atoms with Crippen molar-refractivity contribution in [2.75, 3.05) is 7.11 Å². The summed E-state index contributed by atoms with van der Waals surface area (Å²) in [4.78, 5) is -0.343. The van der Waals surface area contributed by atoms with Crippen molar-refractivity contribution < 1.29 is 13.2 Å². The Morgan fingerprint density at radius 2 is 1.73 bits per heavy atom. The summed E-state index contributed by atoms with van der Waals surface area (Å²) >= 11 is 6.32. The molecule has 0 radical (unpaired) electrons. The summed E-state index contributed by atoms with van der Waals surface area (Å²) in [5.41, 5.74) is 2.36. The van der Waals surface area contributed by atoms with E-state index < -0.39 is 9.84 Å². The van der Waals surface area contributed by atoms with Crippen LogP contribution in [0.2, 0.25) is 5.02 Å². The number of allylic oxidation sites excluding steroid dienone is 1. The second-order valence-electron chi connectivity index (χ2n) is 7.00. The first-order chi connectivity index (χ1) is 15.9. The molecular formula is C25H18ClN3O3S. The van der Waals surface area contributed by atoms with Crippen molar-refractivity contribution >= 4 is 27.5 Å². The number of nitrogens with zero attached hydrogens (tertiary/aromatic N) is 3. The molecule has 1 heterocycles. The van der Waals surface area contributed by atoms with Crippen LogP contribution in [0.25, 0.3) is 23.0 Å². The first-order valence-corrected chi connectivity index (χ1v) is 11.7. The summed E-state index contributed by atoms with van der Waals surface area (Å²) in [5, 5.41) is 14.8. The van der Waals surface area contributed by atoms with Crippen molar-refractivity contribution in [3.63, 3.8) is 0 Å². The molecule has 0 saturated carbocycles. The van der Waals surface area contributed by atoms with Gasteiger partial charge in [-0.05, 0) is 48.5 Å². The molecule has 0 saturated heterocycles. The van der Waals surface area contributed by atoms with Gasteiger partial charge < -0.3 is 4.74 Å². The third-order valence-corrected chi connectivity index (χ3v) is 6.90. The predicted molar refractivity (Wildman–Crippen MR) is 128 cm³/mol. The van der Waals surface area contributed by atoms with Gasteiger partial charge in [-0.15, -0.1) is 0 Å². The Balaban J connectivity index is 1.90. The standard InChI is InChI=1S/C25H18ClN3O3S/c1-32-24-13-12-18(15-23(24)26)25-19(17-29(28-25)20-8-4-2-5-9-20)14-22(16-27)33(30,31)21-10-6-3-7-11-21/h2-15,17H,1H3/b22-14-. The smallest absolute Gasteiger partial charge is 0.216 e. The van der Waals surface area contributed by atoms with E-state index >= 15 is 0 Å². The monoisotopic (exact) mass is 475 g/mol. The number of halogens is 1. The van der Waals surface area contributed by atoms with E-state index in [1.165, 1.54) is 25.3 Å². The fourth-order valence-corrected chi connectivity index (χ4v) is 4.71. The first-order valence-electron chi connectivity index (χ1n) is 9.85. The van der Waals surface area contributed by atoms with E-state index in [4.69, 9.17) is 16.3 Å². The van der Waals surface area contributed by atoms with Crippen LogP contribution in [-0.2, 0) is 9.84 Å². The number of hydrogen-bond acceptors (Lipinski definition) is 5. The van der Waals surface area contributed by atoms with Gasteiger partial charge in [-0.2, -0.15) is 10.4 Å². The Morgan fingerprint density at radius 3 is 2.33 bits per heavy atom. The van der Waals surface area contributed by atoms with Crippen molar-refractivity contribution in [2.24, 2.45) is 0 Å². The number of rotatable bonds is 6. The van der Waals surface area contributed by atoms with Crippen LogP contribution in [0.4, 0.5) is 0 Å². The van der Waals surface area contributed by atoms with Crippen LogP contribution < -0.4 is 4.74 Å². The van der Waals surface area contributed by atoms with Crippen molar-refractivity contribution in [1.82, 2.24) is 9.78 Å². The molecule has 4 aromatic rings. The lowest BCUT2D eigenvalue weighted by molar-refractivity contribution is 0.415. The lowest BCUT2D eigenvalue weighted by Crippen LogP contribution is -2.03. The highest BCUT2D eigenvalue weighted by molar-refractivity contribution is 7.95. The summed E-state index contributed by atoms with van der Waals surface area (Å²) in [5.74, 6) is 0.504. The van der Waals surface area contributed by atoms with E-state index in [1.54, 1.807) is 47.3 Å². The summed E-state index contributed by atoms with van der Waals surface area (Å²) in [7, 11) is -2.48. The van der Waals surface area contributed by atoms with Gasteiger partial charge in [0, 0.05) is 17.3 Å². The van der Waals surface area contributed by atoms with Crippen molar-refractivity contribution in [3.8, 4) is 28.8 Å². The molecule has 1 aromatic heterocycles. The zero-order valence-corrected chi connectivity index (χ0v) is 19.1. The van der Waals surface area contributed by atoms with E-state index in [0.717, 1.165) is 5.69 Å². The maximum Gasteiger partial charge on any atom is 0.216 e. The Bertz CT molecular complexity index is 1470. The van der Waals surface area contributed by atoms with Gasteiger partial charge in [-0.25, -0.2) is 13.1 Å². The quantitative estimate of drug-likeness (QED) is 0.342. The molecule has 6 nitrogen and oxygen atoms in total. The minimum absolute atomic E-state index is 0.0438. The molecule has 0 spiro atoms.